The van der Waals surface area contributed by atoms with Crippen molar-refractivity contribution in [2.24, 2.45) is 0 Å². The van der Waals surface area contributed by atoms with Gasteiger partial charge in [-0.05, 0) is 26.2 Å². The van der Waals surface area contributed by atoms with Gasteiger partial charge in [0.05, 0.1) is 13.2 Å². The molecule has 0 radical (unpaired) electrons. The van der Waals surface area contributed by atoms with Crippen LogP contribution in [0.3, 0.4) is 0 Å². The number of hydrogen-bond acceptors (Lipinski definition) is 8. The Morgan fingerprint density at radius 3 is 2.46 bits per heavy atom. The van der Waals surface area contributed by atoms with Crippen molar-refractivity contribution < 1.29 is 39.4 Å². The highest BCUT2D eigenvalue weighted by atomic mass is 16.7. The van der Waals surface area contributed by atoms with Crippen molar-refractivity contribution in [2.75, 3.05) is 19.8 Å². The molecule has 5 unspecified atom stereocenters. The SMILES string of the molecule is C=C(CCC=C(C)CO)CCOC1OC(COC(C)=O)C(O)C(O)C1O. The largest absolute Gasteiger partial charge is 0.463 e. The van der Waals surface area contributed by atoms with E-state index < -0.39 is 36.7 Å². The first kappa shape index (κ1) is 22.8. The Hall–Kier alpha value is -1.29. The Balaban J connectivity index is 2.42. The van der Waals surface area contributed by atoms with E-state index in [-0.39, 0.29) is 19.8 Å². The first-order valence-electron chi connectivity index (χ1n) is 8.64. The predicted molar refractivity (Wildman–Crippen MR) is 93.1 cm³/mol. The maximum Gasteiger partial charge on any atom is 0.302 e. The van der Waals surface area contributed by atoms with E-state index in [0.29, 0.717) is 6.42 Å². The minimum Gasteiger partial charge on any atom is -0.463 e. The third kappa shape index (κ3) is 7.53. The smallest absolute Gasteiger partial charge is 0.302 e. The van der Waals surface area contributed by atoms with Gasteiger partial charge < -0.3 is 34.6 Å². The van der Waals surface area contributed by atoms with Gasteiger partial charge in [0.1, 0.15) is 31.0 Å². The highest BCUT2D eigenvalue weighted by Gasteiger charge is 2.44. The van der Waals surface area contributed by atoms with Gasteiger partial charge in [-0.1, -0.05) is 23.8 Å². The summed E-state index contributed by atoms with van der Waals surface area (Å²) in [5.74, 6) is -0.541. The molecular formula is C18H30O8. The first-order chi connectivity index (χ1) is 12.3. The molecule has 8 heteroatoms. The van der Waals surface area contributed by atoms with E-state index in [2.05, 4.69) is 6.58 Å². The van der Waals surface area contributed by atoms with Gasteiger partial charge in [0, 0.05) is 6.92 Å². The minimum absolute atomic E-state index is 0.0369. The zero-order valence-electron chi connectivity index (χ0n) is 15.3. The summed E-state index contributed by atoms with van der Waals surface area (Å²) in [4.78, 5) is 10.9. The summed E-state index contributed by atoms with van der Waals surface area (Å²) in [6, 6.07) is 0. The van der Waals surface area contributed by atoms with Crippen molar-refractivity contribution in [3.8, 4) is 0 Å². The predicted octanol–water partition coefficient (Wildman–Crippen LogP) is 0.0388. The number of aliphatic hydroxyl groups is 4. The lowest BCUT2D eigenvalue weighted by atomic mass is 9.99. The van der Waals surface area contributed by atoms with E-state index in [1.165, 1.54) is 6.92 Å². The number of hydrogen-bond donors (Lipinski definition) is 4. The van der Waals surface area contributed by atoms with Gasteiger partial charge in [-0.3, -0.25) is 4.79 Å². The third-order valence-electron chi connectivity index (χ3n) is 4.10. The van der Waals surface area contributed by atoms with Gasteiger partial charge in [0.25, 0.3) is 0 Å². The molecule has 0 saturated carbocycles. The Morgan fingerprint density at radius 2 is 1.85 bits per heavy atom. The Labute approximate surface area is 153 Å². The molecule has 0 aromatic heterocycles. The lowest BCUT2D eigenvalue weighted by molar-refractivity contribution is -0.301. The molecule has 26 heavy (non-hydrogen) atoms. The van der Waals surface area contributed by atoms with Crippen LogP contribution >= 0.6 is 0 Å². The van der Waals surface area contributed by atoms with Crippen LogP contribution < -0.4 is 0 Å². The molecule has 1 fully saturated rings. The maximum atomic E-state index is 10.9. The highest BCUT2D eigenvalue weighted by molar-refractivity contribution is 5.65. The molecule has 1 heterocycles. The van der Waals surface area contributed by atoms with Crippen LogP contribution in [-0.2, 0) is 19.0 Å². The van der Waals surface area contributed by atoms with Gasteiger partial charge in [-0.2, -0.15) is 0 Å². The maximum absolute atomic E-state index is 10.9. The molecule has 150 valence electrons. The number of rotatable bonds is 10. The third-order valence-corrected chi connectivity index (χ3v) is 4.10. The summed E-state index contributed by atoms with van der Waals surface area (Å²) in [5.41, 5.74) is 1.84. The normalized spacial score (nSPS) is 29.5. The molecule has 8 nitrogen and oxygen atoms in total. The number of carbonyl (C=O) groups is 1. The van der Waals surface area contributed by atoms with Crippen molar-refractivity contribution in [1.82, 2.24) is 0 Å². The molecule has 0 aliphatic carbocycles. The Kier molecular flexibility index (Phi) is 10.0. The molecular weight excluding hydrogens is 344 g/mol. The van der Waals surface area contributed by atoms with Gasteiger partial charge >= 0.3 is 5.97 Å². The quantitative estimate of drug-likeness (QED) is 0.312. The number of aliphatic hydroxyl groups excluding tert-OH is 4. The van der Waals surface area contributed by atoms with E-state index in [1.54, 1.807) is 0 Å². The first-order valence-corrected chi connectivity index (χ1v) is 8.64. The summed E-state index contributed by atoms with van der Waals surface area (Å²) in [6.07, 6.45) is -2.42. The van der Waals surface area contributed by atoms with Gasteiger partial charge in [-0.15, -0.1) is 0 Å². The van der Waals surface area contributed by atoms with E-state index >= 15 is 0 Å². The van der Waals surface area contributed by atoms with Crippen molar-refractivity contribution >= 4 is 5.97 Å². The van der Waals surface area contributed by atoms with Gasteiger partial charge in [-0.25, -0.2) is 0 Å². The van der Waals surface area contributed by atoms with Crippen molar-refractivity contribution in [3.63, 3.8) is 0 Å². The van der Waals surface area contributed by atoms with Crippen molar-refractivity contribution in [2.45, 2.75) is 63.8 Å². The Bertz CT molecular complexity index is 490. The lowest BCUT2D eigenvalue weighted by Crippen LogP contribution is -2.59. The standard InChI is InChI=1S/C18H30O8/c1-11(5-4-6-12(2)9-19)7-8-24-18-17(23)16(22)15(21)14(26-18)10-25-13(3)20/h6,14-19,21-23H,1,4-5,7-10H2,2-3H3. The molecule has 4 N–H and O–H groups in total. The zero-order valence-corrected chi connectivity index (χ0v) is 15.3. The van der Waals surface area contributed by atoms with Crippen molar-refractivity contribution in [3.05, 3.63) is 23.8 Å². The molecule has 0 aromatic rings. The van der Waals surface area contributed by atoms with E-state index in [1.807, 2.05) is 13.0 Å². The number of carbonyl (C=O) groups excluding carboxylic acids is 1. The molecule has 1 saturated heterocycles. The summed E-state index contributed by atoms with van der Waals surface area (Å²) < 4.78 is 15.7. The summed E-state index contributed by atoms with van der Waals surface area (Å²) in [7, 11) is 0. The second-order valence-electron chi connectivity index (χ2n) is 6.44. The molecule has 0 aromatic carbocycles. The number of ether oxygens (including phenoxy) is 3. The van der Waals surface area contributed by atoms with E-state index in [9.17, 15) is 20.1 Å². The van der Waals surface area contributed by atoms with Crippen LogP contribution in [0.1, 0.15) is 33.1 Å². The molecule has 0 amide bonds. The summed E-state index contributed by atoms with van der Waals surface area (Å²) in [6.45, 7) is 7.02. The molecule has 5 atom stereocenters. The van der Waals surface area contributed by atoms with E-state index in [0.717, 1.165) is 24.0 Å². The molecule has 1 aliphatic rings. The van der Waals surface area contributed by atoms with Gasteiger partial charge in [0.2, 0.25) is 0 Å². The Morgan fingerprint density at radius 1 is 1.15 bits per heavy atom. The second kappa shape index (κ2) is 11.4. The monoisotopic (exact) mass is 374 g/mol. The van der Waals surface area contributed by atoms with Gasteiger partial charge in [0.15, 0.2) is 6.29 Å². The average Bonchev–Trinajstić information content (AvgIpc) is 2.60. The van der Waals surface area contributed by atoms with Crippen LogP contribution in [0.15, 0.2) is 23.8 Å². The van der Waals surface area contributed by atoms with Crippen LogP contribution in [0.25, 0.3) is 0 Å². The second-order valence-corrected chi connectivity index (χ2v) is 6.44. The van der Waals surface area contributed by atoms with Crippen LogP contribution in [-0.4, -0.2) is 76.9 Å². The number of allylic oxidation sites excluding steroid dienone is 1. The van der Waals surface area contributed by atoms with Crippen LogP contribution in [0.4, 0.5) is 0 Å². The van der Waals surface area contributed by atoms with Crippen LogP contribution in [0, 0.1) is 0 Å². The topological polar surface area (TPSA) is 126 Å². The van der Waals surface area contributed by atoms with Crippen LogP contribution in [0.5, 0.6) is 0 Å². The molecule has 1 aliphatic heterocycles. The number of esters is 1. The zero-order chi connectivity index (χ0) is 19.7. The fourth-order valence-electron chi connectivity index (χ4n) is 2.42. The van der Waals surface area contributed by atoms with Crippen LogP contribution in [0.2, 0.25) is 0 Å². The average molecular weight is 374 g/mol. The minimum atomic E-state index is -1.47. The van der Waals surface area contributed by atoms with Crippen molar-refractivity contribution in [1.29, 1.82) is 0 Å². The van der Waals surface area contributed by atoms with E-state index in [4.69, 9.17) is 19.3 Å². The fraction of sp³-hybridized carbons (Fsp3) is 0.722. The molecule has 1 rings (SSSR count). The fourth-order valence-corrected chi connectivity index (χ4v) is 2.42. The molecule has 0 spiro atoms. The lowest BCUT2D eigenvalue weighted by Gasteiger charge is -2.39. The highest BCUT2D eigenvalue weighted by Crippen LogP contribution is 2.23. The summed E-state index contributed by atoms with van der Waals surface area (Å²) >= 11 is 0. The molecule has 0 bridgehead atoms. The summed E-state index contributed by atoms with van der Waals surface area (Å²) in [5, 5.41) is 38.7.